The van der Waals surface area contributed by atoms with Crippen LogP contribution in [-0.4, -0.2) is 51.0 Å². The number of nitrogens with zero attached hydrogens (tertiary/aromatic N) is 1. The summed E-state index contributed by atoms with van der Waals surface area (Å²) in [4.78, 5) is 25.5. The van der Waals surface area contributed by atoms with Crippen molar-refractivity contribution in [3.8, 4) is 5.75 Å². The van der Waals surface area contributed by atoms with Crippen molar-refractivity contribution in [2.24, 2.45) is 0 Å². The number of anilines is 1. The standard InChI is InChI=1S/C16H20N2O5/c1-21-12-5-2-4-11(8-12)18-10-13(23-16(18)20)9-17-15(19)14-6-3-7-22-14/h2,4-5,8,13-14H,3,6-7,9-10H2,1H3,(H,17,19). The molecule has 124 valence electrons. The molecule has 0 aliphatic carbocycles. The molecular formula is C16H20N2O5. The second-order valence-corrected chi connectivity index (χ2v) is 5.56. The lowest BCUT2D eigenvalue weighted by atomic mass is 10.2. The Morgan fingerprint density at radius 1 is 1.48 bits per heavy atom. The summed E-state index contributed by atoms with van der Waals surface area (Å²) in [5, 5.41) is 2.79. The molecule has 0 saturated carbocycles. The van der Waals surface area contributed by atoms with Gasteiger partial charge in [-0.2, -0.15) is 0 Å². The normalized spacial score (nSPS) is 23.7. The van der Waals surface area contributed by atoms with Gasteiger partial charge < -0.3 is 19.5 Å². The van der Waals surface area contributed by atoms with E-state index in [1.54, 1.807) is 13.2 Å². The molecule has 2 saturated heterocycles. The first-order valence-corrected chi connectivity index (χ1v) is 7.69. The maximum absolute atomic E-state index is 12.0. The van der Waals surface area contributed by atoms with Crippen LogP contribution in [0.1, 0.15) is 12.8 Å². The van der Waals surface area contributed by atoms with Gasteiger partial charge in [-0.25, -0.2) is 4.79 Å². The van der Waals surface area contributed by atoms with Gasteiger partial charge in [-0.05, 0) is 25.0 Å². The molecule has 1 aromatic rings. The van der Waals surface area contributed by atoms with Gasteiger partial charge in [0.05, 0.1) is 25.9 Å². The molecule has 0 radical (unpaired) electrons. The van der Waals surface area contributed by atoms with Gasteiger partial charge in [0.15, 0.2) is 0 Å². The molecule has 2 aliphatic heterocycles. The largest absolute Gasteiger partial charge is 0.497 e. The van der Waals surface area contributed by atoms with Crippen molar-refractivity contribution in [2.75, 3.05) is 31.7 Å². The second kappa shape index (κ2) is 6.87. The number of rotatable bonds is 5. The average molecular weight is 320 g/mol. The third-order valence-electron chi connectivity index (χ3n) is 3.97. The van der Waals surface area contributed by atoms with Gasteiger partial charge in [-0.3, -0.25) is 9.69 Å². The van der Waals surface area contributed by atoms with E-state index in [0.717, 1.165) is 12.8 Å². The molecule has 7 nitrogen and oxygen atoms in total. The van der Waals surface area contributed by atoms with E-state index >= 15 is 0 Å². The van der Waals surface area contributed by atoms with Crippen LogP contribution in [0.2, 0.25) is 0 Å². The average Bonchev–Trinajstić information content (AvgIpc) is 3.22. The molecular weight excluding hydrogens is 300 g/mol. The number of amides is 2. The first kappa shape index (κ1) is 15.6. The van der Waals surface area contributed by atoms with Crippen LogP contribution in [0.5, 0.6) is 5.75 Å². The van der Waals surface area contributed by atoms with Crippen molar-refractivity contribution in [3.05, 3.63) is 24.3 Å². The number of methoxy groups -OCH3 is 1. The SMILES string of the molecule is COc1cccc(N2CC(CNC(=O)C3CCCO3)OC2=O)c1. The van der Waals surface area contributed by atoms with Gasteiger partial charge in [-0.15, -0.1) is 0 Å². The Morgan fingerprint density at radius 3 is 3.09 bits per heavy atom. The molecule has 1 N–H and O–H groups in total. The van der Waals surface area contributed by atoms with Crippen LogP contribution >= 0.6 is 0 Å². The Morgan fingerprint density at radius 2 is 2.35 bits per heavy atom. The van der Waals surface area contributed by atoms with E-state index < -0.39 is 6.09 Å². The van der Waals surface area contributed by atoms with Gasteiger partial charge in [-0.1, -0.05) is 6.07 Å². The zero-order valence-corrected chi connectivity index (χ0v) is 13.0. The van der Waals surface area contributed by atoms with Crippen LogP contribution in [-0.2, 0) is 14.3 Å². The van der Waals surface area contributed by atoms with Gasteiger partial charge in [0, 0.05) is 12.7 Å². The first-order valence-electron chi connectivity index (χ1n) is 7.69. The number of nitrogens with one attached hydrogen (secondary N) is 1. The molecule has 3 rings (SSSR count). The maximum atomic E-state index is 12.0. The summed E-state index contributed by atoms with van der Waals surface area (Å²) in [6.45, 7) is 1.29. The van der Waals surface area contributed by atoms with E-state index in [9.17, 15) is 9.59 Å². The lowest BCUT2D eigenvalue weighted by Crippen LogP contribution is -2.40. The van der Waals surface area contributed by atoms with Crippen molar-refractivity contribution in [1.82, 2.24) is 5.32 Å². The molecule has 2 aliphatic rings. The van der Waals surface area contributed by atoms with Crippen molar-refractivity contribution in [1.29, 1.82) is 0 Å². The fourth-order valence-electron chi connectivity index (χ4n) is 2.73. The molecule has 1 aromatic carbocycles. The Kier molecular flexibility index (Phi) is 4.66. The van der Waals surface area contributed by atoms with E-state index in [-0.39, 0.29) is 24.7 Å². The predicted octanol–water partition coefficient (Wildman–Crippen LogP) is 1.32. The Balaban J connectivity index is 1.55. The molecule has 2 atom stereocenters. The summed E-state index contributed by atoms with van der Waals surface area (Å²) >= 11 is 0. The summed E-state index contributed by atoms with van der Waals surface area (Å²) in [5.41, 5.74) is 0.710. The highest BCUT2D eigenvalue weighted by Gasteiger charge is 2.33. The van der Waals surface area contributed by atoms with Crippen LogP contribution in [0.4, 0.5) is 10.5 Å². The molecule has 2 unspecified atom stereocenters. The number of hydrogen-bond donors (Lipinski definition) is 1. The molecule has 2 heterocycles. The molecule has 7 heteroatoms. The Hall–Kier alpha value is -2.28. The van der Waals surface area contributed by atoms with Crippen molar-refractivity contribution >= 4 is 17.7 Å². The van der Waals surface area contributed by atoms with Gasteiger partial charge >= 0.3 is 6.09 Å². The van der Waals surface area contributed by atoms with Gasteiger partial charge in [0.25, 0.3) is 0 Å². The van der Waals surface area contributed by atoms with Crippen molar-refractivity contribution in [2.45, 2.75) is 25.0 Å². The maximum Gasteiger partial charge on any atom is 0.414 e. The third-order valence-corrected chi connectivity index (χ3v) is 3.97. The van der Waals surface area contributed by atoms with Crippen LogP contribution < -0.4 is 15.0 Å². The van der Waals surface area contributed by atoms with Gasteiger partial charge in [0.2, 0.25) is 5.91 Å². The zero-order chi connectivity index (χ0) is 16.2. The fourth-order valence-corrected chi connectivity index (χ4v) is 2.73. The molecule has 2 amide bonds. The highest BCUT2D eigenvalue weighted by Crippen LogP contribution is 2.25. The minimum absolute atomic E-state index is 0.140. The lowest BCUT2D eigenvalue weighted by Gasteiger charge is -2.14. The predicted molar refractivity (Wildman–Crippen MR) is 82.6 cm³/mol. The minimum atomic E-state index is -0.422. The van der Waals surface area contributed by atoms with Crippen molar-refractivity contribution in [3.63, 3.8) is 0 Å². The summed E-state index contributed by atoms with van der Waals surface area (Å²) in [7, 11) is 1.57. The number of benzene rings is 1. The van der Waals surface area contributed by atoms with Gasteiger partial charge in [0.1, 0.15) is 18.0 Å². The minimum Gasteiger partial charge on any atom is -0.497 e. The van der Waals surface area contributed by atoms with E-state index in [0.29, 0.717) is 24.6 Å². The van der Waals surface area contributed by atoms with E-state index in [1.165, 1.54) is 4.90 Å². The molecule has 0 spiro atoms. The number of hydrogen-bond acceptors (Lipinski definition) is 5. The van der Waals surface area contributed by atoms with E-state index in [1.807, 2.05) is 18.2 Å². The van der Waals surface area contributed by atoms with E-state index in [4.69, 9.17) is 14.2 Å². The molecule has 2 fully saturated rings. The molecule has 0 bridgehead atoms. The number of ether oxygens (including phenoxy) is 3. The summed E-state index contributed by atoms with van der Waals surface area (Å²) < 4.78 is 15.8. The lowest BCUT2D eigenvalue weighted by molar-refractivity contribution is -0.130. The number of carbonyl (C=O) groups is 2. The summed E-state index contributed by atoms with van der Waals surface area (Å²) in [6.07, 6.45) is 0.474. The monoisotopic (exact) mass is 320 g/mol. The topological polar surface area (TPSA) is 77.1 Å². The summed E-state index contributed by atoms with van der Waals surface area (Å²) in [6, 6.07) is 7.21. The van der Waals surface area contributed by atoms with Crippen LogP contribution in [0.15, 0.2) is 24.3 Å². The highest BCUT2D eigenvalue weighted by atomic mass is 16.6. The summed E-state index contributed by atoms with van der Waals surface area (Å²) in [5.74, 6) is 0.531. The second-order valence-electron chi connectivity index (χ2n) is 5.56. The highest BCUT2D eigenvalue weighted by molar-refractivity contribution is 5.90. The molecule has 0 aromatic heterocycles. The number of cyclic esters (lactones) is 1. The van der Waals surface area contributed by atoms with Crippen LogP contribution in [0.3, 0.4) is 0 Å². The van der Waals surface area contributed by atoms with Crippen molar-refractivity contribution < 1.29 is 23.8 Å². The Labute approximate surface area is 134 Å². The zero-order valence-electron chi connectivity index (χ0n) is 13.0. The number of carbonyl (C=O) groups excluding carboxylic acids is 2. The third kappa shape index (κ3) is 3.56. The smallest absolute Gasteiger partial charge is 0.414 e. The van der Waals surface area contributed by atoms with Crippen LogP contribution in [0.25, 0.3) is 0 Å². The fraction of sp³-hybridized carbons (Fsp3) is 0.500. The molecule has 23 heavy (non-hydrogen) atoms. The van der Waals surface area contributed by atoms with Crippen LogP contribution in [0, 0.1) is 0 Å². The Bertz CT molecular complexity index is 586. The first-order chi connectivity index (χ1) is 11.2. The quantitative estimate of drug-likeness (QED) is 0.885. The van der Waals surface area contributed by atoms with E-state index in [2.05, 4.69) is 5.32 Å².